The fraction of sp³-hybridized carbons (Fsp3) is 0.458. The average Bonchev–Trinajstić information content (AvgIpc) is 4.24. The minimum Gasteiger partial charge on any atom is -0.453 e. The fourth-order valence-electron chi connectivity index (χ4n) is 10.8. The number of aromatic amines is 2. The Morgan fingerprint density at radius 1 is 0.694 bits per heavy atom. The van der Waals surface area contributed by atoms with E-state index in [0.29, 0.717) is 12.5 Å². The van der Waals surface area contributed by atoms with E-state index in [2.05, 4.69) is 81.3 Å². The number of fused-ring (bicyclic) bond motifs is 3. The van der Waals surface area contributed by atoms with Gasteiger partial charge in [0, 0.05) is 18.2 Å². The summed E-state index contributed by atoms with van der Waals surface area (Å²) in [6, 6.07) is 20.1. The van der Waals surface area contributed by atoms with E-state index in [1.807, 2.05) is 22.2 Å². The number of nitrogens with one attached hydrogen (secondary N) is 4. The van der Waals surface area contributed by atoms with Crippen LogP contribution in [0.1, 0.15) is 87.9 Å². The number of aromatic nitrogens is 4. The number of carbonyl (C=O) groups excluding carboxylic acids is 4. The van der Waals surface area contributed by atoms with Crippen LogP contribution >= 0.6 is 0 Å². The van der Waals surface area contributed by atoms with Crippen molar-refractivity contribution in [2.45, 2.75) is 94.4 Å². The van der Waals surface area contributed by atoms with E-state index in [1.54, 1.807) is 0 Å². The predicted molar refractivity (Wildman–Crippen MR) is 230 cm³/mol. The molecule has 4 aliphatic carbocycles. The molecule has 14 heteroatoms. The lowest BCUT2D eigenvalue weighted by atomic mass is 9.96. The fourth-order valence-corrected chi connectivity index (χ4v) is 10.8. The second-order valence-corrected chi connectivity index (χ2v) is 18.7. The van der Waals surface area contributed by atoms with Crippen molar-refractivity contribution < 1.29 is 28.7 Å². The van der Waals surface area contributed by atoms with Crippen LogP contribution in [0, 0.1) is 23.2 Å². The number of piperidine rings is 1. The Morgan fingerprint density at radius 3 is 1.90 bits per heavy atom. The zero-order valence-electron chi connectivity index (χ0n) is 35.1. The normalized spacial score (nSPS) is 24.3. The molecule has 6 atom stereocenters. The van der Waals surface area contributed by atoms with E-state index in [0.717, 1.165) is 120 Å². The van der Waals surface area contributed by atoms with Crippen LogP contribution in [0.3, 0.4) is 0 Å². The molecule has 4 N–H and O–H groups in total. The molecule has 2 saturated heterocycles. The van der Waals surface area contributed by atoms with E-state index in [9.17, 15) is 19.2 Å². The Bertz CT molecular complexity index is 2570. The Hall–Kier alpha value is -6.18. The number of H-pyrrole nitrogens is 2. The molecule has 320 valence electrons. The highest BCUT2D eigenvalue weighted by Crippen LogP contribution is 2.59. The van der Waals surface area contributed by atoms with Crippen LogP contribution in [0.2, 0.25) is 0 Å². The summed E-state index contributed by atoms with van der Waals surface area (Å²) in [7, 11) is 2.66. The van der Waals surface area contributed by atoms with Gasteiger partial charge in [-0.15, -0.1) is 0 Å². The summed E-state index contributed by atoms with van der Waals surface area (Å²) >= 11 is 0. The topological polar surface area (TPSA) is 175 Å². The smallest absolute Gasteiger partial charge is 0.407 e. The molecule has 5 aromatic rings. The molecule has 62 heavy (non-hydrogen) atoms. The first kappa shape index (κ1) is 38.7. The van der Waals surface area contributed by atoms with Gasteiger partial charge in [0.1, 0.15) is 23.7 Å². The predicted octanol–water partition coefficient (Wildman–Crippen LogP) is 7.66. The van der Waals surface area contributed by atoms with Crippen molar-refractivity contribution in [1.82, 2.24) is 40.4 Å². The summed E-state index contributed by atoms with van der Waals surface area (Å²) in [5.74, 6) is 2.14. The van der Waals surface area contributed by atoms with E-state index >= 15 is 0 Å². The van der Waals surface area contributed by atoms with Crippen molar-refractivity contribution in [3.63, 3.8) is 0 Å². The van der Waals surface area contributed by atoms with Crippen molar-refractivity contribution in [2.24, 2.45) is 23.2 Å². The molecule has 3 aromatic carbocycles. The maximum Gasteiger partial charge on any atom is 0.407 e. The number of imidazole rings is 2. The van der Waals surface area contributed by atoms with Gasteiger partial charge in [-0.3, -0.25) is 9.59 Å². The summed E-state index contributed by atoms with van der Waals surface area (Å²) in [6.45, 7) is 0.689. The third-order valence-corrected chi connectivity index (χ3v) is 14.7. The largest absolute Gasteiger partial charge is 0.453 e. The second kappa shape index (κ2) is 15.0. The summed E-state index contributed by atoms with van der Waals surface area (Å²) in [5, 5.41) is 7.88. The number of hydrogen-bond acceptors (Lipinski definition) is 8. The minimum atomic E-state index is -0.573. The van der Waals surface area contributed by atoms with E-state index in [-0.39, 0.29) is 47.2 Å². The molecule has 14 nitrogen and oxygen atoms in total. The molecule has 4 saturated carbocycles. The number of rotatable bonds is 11. The van der Waals surface area contributed by atoms with Gasteiger partial charge < -0.3 is 39.9 Å². The van der Waals surface area contributed by atoms with Crippen LogP contribution in [0.5, 0.6) is 0 Å². The number of likely N-dealkylation sites (tertiary alicyclic amines) is 2. The van der Waals surface area contributed by atoms with Crippen LogP contribution < -0.4 is 10.6 Å². The number of alkyl carbamates (subject to hydrolysis) is 2. The molecule has 6 fully saturated rings. The van der Waals surface area contributed by atoms with Crippen LogP contribution in [-0.2, 0) is 19.1 Å². The van der Waals surface area contributed by atoms with Crippen molar-refractivity contribution in [1.29, 1.82) is 0 Å². The van der Waals surface area contributed by atoms with Gasteiger partial charge in [-0.1, -0.05) is 48.5 Å². The van der Waals surface area contributed by atoms with Gasteiger partial charge in [0.2, 0.25) is 11.8 Å². The standard InChI is InChI=1S/C48H52N8O6/c1-61-46(59)53-39(28-7-8-28)44(57)55-25-48(17-18-48)22-38(55)42-49-23-36(51-42)27-5-3-26(4-6-27)30-11-12-32-20-33(14-13-31(32)19-30)37-24-50-43(52-37)41-34-15-16-35(21-34)56(41)45(58)40(29-9-10-29)54-47(60)62-2/h3-6,11-14,19-20,23-24,28-29,34-35,38-41H,7-10,15-18,21-22,25H2,1-2H3,(H,49,51)(H,50,52)(H,53,59)(H,54,60)/t34-,35+,38-,39-,40-,41-/m0/s1. The zero-order valence-corrected chi connectivity index (χ0v) is 35.1. The minimum absolute atomic E-state index is 0.0264. The first-order chi connectivity index (χ1) is 30.2. The number of hydrogen-bond donors (Lipinski definition) is 4. The monoisotopic (exact) mass is 836 g/mol. The molecule has 4 heterocycles. The van der Waals surface area contributed by atoms with Gasteiger partial charge in [0.05, 0.1) is 50.1 Å². The molecule has 0 radical (unpaired) electrons. The summed E-state index contributed by atoms with van der Waals surface area (Å²) in [6.07, 6.45) is 12.4. The first-order valence-electron chi connectivity index (χ1n) is 22.2. The third kappa shape index (κ3) is 7.06. The molecule has 11 rings (SSSR count). The van der Waals surface area contributed by atoms with Crippen LogP contribution in [0.25, 0.3) is 44.4 Å². The van der Waals surface area contributed by atoms with Crippen LogP contribution in [0.15, 0.2) is 73.1 Å². The van der Waals surface area contributed by atoms with Gasteiger partial charge >= 0.3 is 12.2 Å². The maximum atomic E-state index is 14.0. The summed E-state index contributed by atoms with van der Waals surface area (Å²) in [4.78, 5) is 73.0. The zero-order chi connectivity index (χ0) is 42.3. The summed E-state index contributed by atoms with van der Waals surface area (Å²) in [5.41, 5.74) is 6.19. The van der Waals surface area contributed by atoms with Crippen LogP contribution in [-0.4, -0.2) is 92.6 Å². The van der Waals surface area contributed by atoms with Gasteiger partial charge in [0.25, 0.3) is 0 Å². The maximum absolute atomic E-state index is 14.0. The van der Waals surface area contributed by atoms with Gasteiger partial charge in [-0.25, -0.2) is 19.6 Å². The lowest BCUT2D eigenvalue weighted by molar-refractivity contribution is -0.138. The average molecular weight is 837 g/mol. The number of ether oxygens (including phenoxy) is 2. The van der Waals surface area contributed by atoms with Crippen molar-refractivity contribution in [3.05, 3.63) is 84.7 Å². The number of nitrogens with zero attached hydrogens (tertiary/aromatic N) is 4. The second-order valence-electron chi connectivity index (χ2n) is 18.7. The number of carbonyl (C=O) groups is 4. The van der Waals surface area contributed by atoms with Crippen LogP contribution in [0.4, 0.5) is 9.59 Å². The molecule has 2 aliphatic heterocycles. The molecule has 1 spiro atoms. The third-order valence-electron chi connectivity index (χ3n) is 14.7. The van der Waals surface area contributed by atoms with Gasteiger partial charge in [-0.05, 0) is 127 Å². The first-order valence-corrected chi connectivity index (χ1v) is 22.2. The van der Waals surface area contributed by atoms with Crippen molar-refractivity contribution in [3.8, 4) is 33.6 Å². The molecular formula is C48H52N8O6. The lowest BCUT2D eigenvalue weighted by Gasteiger charge is -2.36. The Labute approximate surface area is 359 Å². The Balaban J connectivity index is 0.781. The highest BCUT2D eigenvalue weighted by atomic mass is 16.5. The molecule has 2 bridgehead atoms. The highest BCUT2D eigenvalue weighted by Gasteiger charge is 2.56. The van der Waals surface area contributed by atoms with E-state index < -0.39 is 24.3 Å². The number of methoxy groups -OCH3 is 2. The highest BCUT2D eigenvalue weighted by molar-refractivity contribution is 5.91. The Morgan fingerprint density at radius 2 is 1.26 bits per heavy atom. The molecular weight excluding hydrogens is 785 g/mol. The van der Waals surface area contributed by atoms with E-state index in [4.69, 9.17) is 19.4 Å². The number of amides is 4. The summed E-state index contributed by atoms with van der Waals surface area (Å²) < 4.78 is 9.71. The number of benzene rings is 3. The SMILES string of the molecule is COC(=O)N[C@H](C(=O)N1CC2(CC2)C[C@H]1c1ncc(-c2ccc(-c3ccc4cc(-c5cnc([C@@H]6[C@H]7CC[C@H](C7)N6C(=O)[C@@H](NC(=O)OC)C6CC6)[nH]5)ccc4c3)cc2)[nH]1)C1CC1. The van der Waals surface area contributed by atoms with Crippen molar-refractivity contribution in [2.75, 3.05) is 20.8 Å². The molecule has 2 aromatic heterocycles. The van der Waals surface area contributed by atoms with E-state index in [1.165, 1.54) is 14.2 Å². The quantitative estimate of drug-likeness (QED) is 0.105. The molecule has 4 amide bonds. The Kier molecular flexibility index (Phi) is 9.38. The molecule has 0 unspecified atom stereocenters. The van der Waals surface area contributed by atoms with Gasteiger partial charge in [0.15, 0.2) is 0 Å². The van der Waals surface area contributed by atoms with Crippen molar-refractivity contribution >= 4 is 34.8 Å². The molecule has 6 aliphatic rings. The van der Waals surface area contributed by atoms with Gasteiger partial charge in [-0.2, -0.15) is 0 Å². The lowest BCUT2D eigenvalue weighted by Crippen LogP contribution is -2.52.